The van der Waals surface area contributed by atoms with Crippen LogP contribution in [0.2, 0.25) is 0 Å². The zero-order valence-electron chi connectivity index (χ0n) is 16.6. The van der Waals surface area contributed by atoms with Gasteiger partial charge in [-0.25, -0.2) is 18.7 Å². The summed E-state index contributed by atoms with van der Waals surface area (Å²) in [7, 11) is 1.65. The quantitative estimate of drug-likeness (QED) is 0.593. The molecule has 1 aliphatic rings. The first-order chi connectivity index (χ1) is 14.6. The average molecular weight is 415 g/mol. The van der Waals surface area contributed by atoms with Crippen LogP contribution < -0.4 is 15.0 Å². The van der Waals surface area contributed by atoms with E-state index in [9.17, 15) is 8.78 Å². The zero-order chi connectivity index (χ0) is 20.9. The second kappa shape index (κ2) is 9.17. The van der Waals surface area contributed by atoms with Crippen LogP contribution in [0, 0.1) is 11.6 Å². The lowest BCUT2D eigenvalue weighted by Gasteiger charge is -2.33. The fraction of sp³-hybridized carbons (Fsp3) is 0.381. The molecule has 0 saturated carbocycles. The third-order valence-corrected chi connectivity index (χ3v) is 4.98. The van der Waals surface area contributed by atoms with Crippen LogP contribution in [-0.4, -0.2) is 54.4 Å². The maximum Gasteiger partial charge on any atom is 0.172 e. The number of nitrogens with one attached hydrogen (secondary N) is 1. The molecule has 0 radical (unpaired) electrons. The van der Waals surface area contributed by atoms with E-state index in [4.69, 9.17) is 19.4 Å². The Morgan fingerprint density at radius 3 is 2.73 bits per heavy atom. The Bertz CT molecular complexity index is 1010. The normalized spacial score (nSPS) is 14.8. The van der Waals surface area contributed by atoms with Crippen LogP contribution >= 0.6 is 0 Å². The highest BCUT2D eigenvalue weighted by Crippen LogP contribution is 2.29. The van der Waals surface area contributed by atoms with Crippen LogP contribution in [-0.2, 0) is 4.74 Å². The van der Waals surface area contributed by atoms with Gasteiger partial charge in [0.15, 0.2) is 23.2 Å². The highest BCUT2D eigenvalue weighted by atomic mass is 19.1. The third-order valence-electron chi connectivity index (χ3n) is 4.98. The van der Waals surface area contributed by atoms with E-state index in [0.717, 1.165) is 22.9 Å². The molecule has 3 heterocycles. The third kappa shape index (κ3) is 4.56. The first-order valence-electron chi connectivity index (χ1n) is 9.85. The van der Waals surface area contributed by atoms with E-state index in [1.54, 1.807) is 19.5 Å². The number of rotatable bonds is 7. The lowest BCUT2D eigenvalue weighted by atomic mass is 10.1. The van der Waals surface area contributed by atoms with Gasteiger partial charge in [-0.3, -0.25) is 4.98 Å². The maximum atomic E-state index is 13.9. The van der Waals surface area contributed by atoms with Crippen LogP contribution in [0.3, 0.4) is 0 Å². The largest absolute Gasteiger partial charge is 0.487 e. The number of ether oxygens (including phenoxy) is 2. The topological polar surface area (TPSA) is 72.4 Å². The molecule has 2 aromatic heterocycles. The summed E-state index contributed by atoms with van der Waals surface area (Å²) < 4.78 is 37.8. The molecular formula is C21H23F2N5O2. The fourth-order valence-corrected chi connectivity index (χ4v) is 3.44. The van der Waals surface area contributed by atoms with Crippen LogP contribution in [0.25, 0.3) is 11.0 Å². The number of hydrogen-bond donors (Lipinski definition) is 1. The van der Waals surface area contributed by atoms with E-state index in [1.165, 1.54) is 12.1 Å². The molecule has 0 bridgehead atoms. The smallest absolute Gasteiger partial charge is 0.172 e. The molecule has 7 nitrogen and oxygen atoms in total. The number of fused-ring (bicyclic) bond motifs is 1. The van der Waals surface area contributed by atoms with Gasteiger partial charge in [0.1, 0.15) is 17.4 Å². The molecule has 0 spiro atoms. The Morgan fingerprint density at radius 1 is 1.13 bits per heavy atom. The van der Waals surface area contributed by atoms with Gasteiger partial charge in [0.05, 0.1) is 18.3 Å². The predicted octanol–water partition coefficient (Wildman–Crippen LogP) is 3.41. The van der Waals surface area contributed by atoms with E-state index in [2.05, 4.69) is 15.2 Å². The Labute approximate surface area is 173 Å². The molecular weight excluding hydrogens is 392 g/mol. The summed E-state index contributed by atoms with van der Waals surface area (Å²) in [6.07, 6.45) is 4.59. The van der Waals surface area contributed by atoms with Crippen LogP contribution in [0.5, 0.6) is 5.75 Å². The van der Waals surface area contributed by atoms with E-state index in [0.29, 0.717) is 44.9 Å². The molecule has 30 heavy (non-hydrogen) atoms. The van der Waals surface area contributed by atoms with Gasteiger partial charge in [-0.05, 0) is 18.2 Å². The highest BCUT2D eigenvalue weighted by Gasteiger charge is 2.25. The number of anilines is 2. The summed E-state index contributed by atoms with van der Waals surface area (Å²) >= 11 is 0. The van der Waals surface area contributed by atoms with E-state index >= 15 is 0 Å². The van der Waals surface area contributed by atoms with Crippen molar-refractivity contribution in [1.29, 1.82) is 0 Å². The van der Waals surface area contributed by atoms with Crippen molar-refractivity contribution in [2.24, 2.45) is 0 Å². The zero-order valence-corrected chi connectivity index (χ0v) is 16.6. The lowest BCUT2D eigenvalue weighted by molar-refractivity contribution is 0.163. The Balaban J connectivity index is 1.48. The summed E-state index contributed by atoms with van der Waals surface area (Å²) in [4.78, 5) is 15.7. The van der Waals surface area contributed by atoms with Crippen LogP contribution in [0.15, 0.2) is 36.7 Å². The van der Waals surface area contributed by atoms with Crippen molar-refractivity contribution in [2.45, 2.75) is 18.9 Å². The number of nitrogens with zero attached hydrogens (tertiary/aromatic N) is 4. The summed E-state index contributed by atoms with van der Waals surface area (Å²) in [5.41, 5.74) is 1.48. The second-order valence-corrected chi connectivity index (χ2v) is 7.06. The van der Waals surface area contributed by atoms with Gasteiger partial charge >= 0.3 is 0 Å². The lowest BCUT2D eigenvalue weighted by Crippen LogP contribution is -2.39. The minimum Gasteiger partial charge on any atom is -0.487 e. The van der Waals surface area contributed by atoms with E-state index in [1.807, 2.05) is 6.07 Å². The van der Waals surface area contributed by atoms with Crippen LogP contribution in [0.4, 0.5) is 20.4 Å². The summed E-state index contributed by atoms with van der Waals surface area (Å²) in [6.45, 7) is 2.51. The molecule has 1 N–H and O–H groups in total. The number of pyridine rings is 1. The highest BCUT2D eigenvalue weighted by molar-refractivity contribution is 5.79. The minimum absolute atomic E-state index is 0.0772. The molecule has 3 aromatic rings. The summed E-state index contributed by atoms with van der Waals surface area (Å²) in [6, 6.07) is 5.19. The molecule has 1 fully saturated rings. The van der Waals surface area contributed by atoms with Crippen molar-refractivity contribution in [2.75, 3.05) is 43.6 Å². The van der Waals surface area contributed by atoms with E-state index < -0.39 is 11.6 Å². The number of benzene rings is 1. The van der Waals surface area contributed by atoms with Gasteiger partial charge in [0.2, 0.25) is 0 Å². The standard InChI is InChI=1S/C21H23F2N5O2/c1-29-11-8-25-20-21(27-18-13-24-7-4-17(18)26-20)28-9-5-15(6-10-28)30-19-3-2-14(22)12-16(19)23/h2-4,7,12-13,15H,5-6,8-11H2,1H3,(H,25,26). The molecule has 1 aliphatic heterocycles. The first kappa shape index (κ1) is 20.2. The number of aromatic nitrogens is 3. The van der Waals surface area contributed by atoms with Crippen molar-refractivity contribution in [1.82, 2.24) is 15.0 Å². The van der Waals surface area contributed by atoms with Crippen molar-refractivity contribution < 1.29 is 18.3 Å². The van der Waals surface area contributed by atoms with E-state index in [-0.39, 0.29) is 11.9 Å². The molecule has 1 aromatic carbocycles. The number of halogens is 2. The molecule has 0 amide bonds. The molecule has 1 saturated heterocycles. The van der Waals surface area contributed by atoms with Gasteiger partial charge in [0, 0.05) is 51.8 Å². The van der Waals surface area contributed by atoms with Gasteiger partial charge < -0.3 is 19.7 Å². The average Bonchev–Trinajstić information content (AvgIpc) is 2.76. The second-order valence-electron chi connectivity index (χ2n) is 7.06. The monoisotopic (exact) mass is 415 g/mol. The van der Waals surface area contributed by atoms with Gasteiger partial charge in [-0.2, -0.15) is 0 Å². The molecule has 9 heteroatoms. The predicted molar refractivity (Wildman–Crippen MR) is 110 cm³/mol. The van der Waals surface area contributed by atoms with Crippen molar-refractivity contribution in [3.05, 3.63) is 48.3 Å². The van der Waals surface area contributed by atoms with Gasteiger partial charge in [-0.1, -0.05) is 0 Å². The van der Waals surface area contributed by atoms with Gasteiger partial charge in [0.25, 0.3) is 0 Å². The van der Waals surface area contributed by atoms with Crippen molar-refractivity contribution in [3.63, 3.8) is 0 Å². The van der Waals surface area contributed by atoms with Gasteiger partial charge in [-0.15, -0.1) is 0 Å². The molecule has 158 valence electrons. The van der Waals surface area contributed by atoms with Crippen molar-refractivity contribution in [3.8, 4) is 5.75 Å². The Kier molecular flexibility index (Phi) is 6.18. The minimum atomic E-state index is -0.685. The first-order valence-corrected chi connectivity index (χ1v) is 9.85. The SMILES string of the molecule is COCCNc1nc2ccncc2nc1N1CCC(Oc2ccc(F)cc2F)CC1. The van der Waals surface area contributed by atoms with Crippen LogP contribution in [0.1, 0.15) is 12.8 Å². The summed E-state index contributed by atoms with van der Waals surface area (Å²) in [5, 5.41) is 3.29. The molecule has 0 atom stereocenters. The molecule has 4 rings (SSSR count). The van der Waals surface area contributed by atoms with Crippen molar-refractivity contribution >= 4 is 22.7 Å². The Hall–Kier alpha value is -3.07. The number of piperidine rings is 1. The number of hydrogen-bond acceptors (Lipinski definition) is 7. The Morgan fingerprint density at radius 2 is 1.97 bits per heavy atom. The fourth-order valence-electron chi connectivity index (χ4n) is 3.44. The molecule has 0 unspecified atom stereocenters. The maximum absolute atomic E-state index is 13.9. The molecule has 0 aliphatic carbocycles. The summed E-state index contributed by atoms with van der Waals surface area (Å²) in [5.74, 6) is 0.212. The number of methoxy groups -OCH3 is 1.